The molecule has 0 bridgehead atoms. The molecule has 1 saturated heterocycles. The Hall–Kier alpha value is -0.570. The fourth-order valence-electron chi connectivity index (χ4n) is 5.02. The number of rotatable bonds is 2. The lowest BCUT2D eigenvalue weighted by Gasteiger charge is -2.49. The molecule has 3 heteroatoms. The van der Waals surface area contributed by atoms with Crippen LogP contribution in [0.4, 0.5) is 0 Å². The maximum Gasteiger partial charge on any atom is 0.309 e. The highest BCUT2D eigenvalue weighted by Crippen LogP contribution is 2.51. The SMILES string of the molecule is O=C(O)C1(C2CCOC3(CCCCC3)C2)CCCCC1. The molecule has 114 valence electrons. The van der Waals surface area contributed by atoms with Crippen molar-refractivity contribution in [2.24, 2.45) is 11.3 Å². The molecule has 1 N–H and O–H groups in total. The van der Waals surface area contributed by atoms with Gasteiger partial charge in [0.2, 0.25) is 0 Å². The first-order chi connectivity index (χ1) is 9.67. The van der Waals surface area contributed by atoms with Crippen LogP contribution in [0, 0.1) is 11.3 Å². The van der Waals surface area contributed by atoms with E-state index in [1.54, 1.807) is 0 Å². The number of hydrogen-bond acceptors (Lipinski definition) is 2. The van der Waals surface area contributed by atoms with Gasteiger partial charge in [0.15, 0.2) is 0 Å². The third-order valence-electron chi connectivity index (χ3n) is 6.21. The van der Waals surface area contributed by atoms with Gasteiger partial charge in [0.25, 0.3) is 0 Å². The predicted octanol–water partition coefficient (Wildman–Crippen LogP) is 4.15. The summed E-state index contributed by atoms with van der Waals surface area (Å²) in [5.74, 6) is -0.192. The molecule has 20 heavy (non-hydrogen) atoms. The average Bonchev–Trinajstić information content (AvgIpc) is 2.48. The van der Waals surface area contributed by atoms with Crippen molar-refractivity contribution >= 4 is 5.97 Å². The van der Waals surface area contributed by atoms with E-state index in [2.05, 4.69) is 0 Å². The molecule has 1 spiro atoms. The lowest BCUT2D eigenvalue weighted by molar-refractivity contribution is -0.171. The summed E-state index contributed by atoms with van der Waals surface area (Å²) in [5, 5.41) is 9.89. The Kier molecular flexibility index (Phi) is 4.07. The lowest BCUT2D eigenvalue weighted by atomic mass is 9.60. The fraction of sp³-hybridized carbons (Fsp3) is 0.941. The Labute approximate surface area is 122 Å². The van der Waals surface area contributed by atoms with Gasteiger partial charge in [0.1, 0.15) is 0 Å². The van der Waals surface area contributed by atoms with E-state index in [-0.39, 0.29) is 5.60 Å². The van der Waals surface area contributed by atoms with E-state index in [0.29, 0.717) is 5.92 Å². The van der Waals surface area contributed by atoms with Gasteiger partial charge in [0, 0.05) is 6.61 Å². The largest absolute Gasteiger partial charge is 0.481 e. The summed E-state index contributed by atoms with van der Waals surface area (Å²) < 4.78 is 6.16. The molecular weight excluding hydrogens is 252 g/mol. The third-order valence-corrected chi connectivity index (χ3v) is 6.21. The van der Waals surface area contributed by atoms with E-state index in [0.717, 1.165) is 58.0 Å². The molecule has 2 saturated carbocycles. The molecule has 1 atom stereocenters. The maximum atomic E-state index is 12.0. The number of carboxylic acid groups (broad SMARTS) is 1. The molecule has 0 amide bonds. The smallest absolute Gasteiger partial charge is 0.309 e. The van der Waals surface area contributed by atoms with Gasteiger partial charge in [-0.1, -0.05) is 38.5 Å². The minimum absolute atomic E-state index is 0.0288. The highest BCUT2D eigenvalue weighted by molar-refractivity contribution is 5.75. The average molecular weight is 280 g/mol. The second-order valence-electron chi connectivity index (χ2n) is 7.30. The van der Waals surface area contributed by atoms with E-state index in [1.165, 1.54) is 25.7 Å². The normalized spacial score (nSPS) is 32.9. The van der Waals surface area contributed by atoms with Gasteiger partial charge in [-0.15, -0.1) is 0 Å². The zero-order chi connectivity index (χ0) is 14.1. The quantitative estimate of drug-likeness (QED) is 0.826. The first-order valence-electron chi connectivity index (χ1n) is 8.54. The Balaban J connectivity index is 1.78. The molecule has 0 aromatic carbocycles. The van der Waals surface area contributed by atoms with Crippen molar-refractivity contribution < 1.29 is 14.6 Å². The molecule has 1 heterocycles. The Bertz CT molecular complexity index is 346. The van der Waals surface area contributed by atoms with Gasteiger partial charge in [-0.25, -0.2) is 0 Å². The van der Waals surface area contributed by atoms with Crippen molar-refractivity contribution in [2.45, 2.75) is 82.7 Å². The Morgan fingerprint density at radius 2 is 1.55 bits per heavy atom. The first-order valence-corrected chi connectivity index (χ1v) is 8.54. The van der Waals surface area contributed by atoms with E-state index >= 15 is 0 Å². The van der Waals surface area contributed by atoms with Gasteiger partial charge in [-0.2, -0.15) is 0 Å². The van der Waals surface area contributed by atoms with Crippen LogP contribution in [-0.4, -0.2) is 23.3 Å². The molecule has 3 nitrogen and oxygen atoms in total. The van der Waals surface area contributed by atoms with Crippen LogP contribution >= 0.6 is 0 Å². The fourth-order valence-corrected chi connectivity index (χ4v) is 5.02. The van der Waals surface area contributed by atoms with Gasteiger partial charge < -0.3 is 9.84 Å². The molecule has 3 aliphatic rings. The highest BCUT2D eigenvalue weighted by atomic mass is 16.5. The van der Waals surface area contributed by atoms with Gasteiger partial charge in [0.05, 0.1) is 11.0 Å². The predicted molar refractivity (Wildman–Crippen MR) is 77.6 cm³/mol. The van der Waals surface area contributed by atoms with Crippen LogP contribution in [0.2, 0.25) is 0 Å². The topological polar surface area (TPSA) is 46.5 Å². The molecule has 3 rings (SSSR count). The van der Waals surface area contributed by atoms with Gasteiger partial charge in [-0.05, 0) is 44.4 Å². The van der Waals surface area contributed by atoms with Gasteiger partial charge >= 0.3 is 5.97 Å². The second kappa shape index (κ2) is 5.67. The van der Waals surface area contributed by atoms with Crippen LogP contribution < -0.4 is 0 Å². The van der Waals surface area contributed by atoms with Crippen LogP contribution in [0.25, 0.3) is 0 Å². The van der Waals surface area contributed by atoms with E-state index in [4.69, 9.17) is 4.74 Å². The van der Waals surface area contributed by atoms with Crippen molar-refractivity contribution in [3.05, 3.63) is 0 Å². The van der Waals surface area contributed by atoms with Crippen molar-refractivity contribution in [3.8, 4) is 0 Å². The maximum absolute atomic E-state index is 12.0. The molecule has 1 unspecified atom stereocenters. The summed E-state index contributed by atoms with van der Waals surface area (Å²) in [6.45, 7) is 0.777. The number of ether oxygens (including phenoxy) is 1. The minimum atomic E-state index is -0.532. The van der Waals surface area contributed by atoms with Crippen LogP contribution in [0.1, 0.15) is 77.0 Å². The van der Waals surface area contributed by atoms with Crippen molar-refractivity contribution in [3.63, 3.8) is 0 Å². The number of hydrogen-bond donors (Lipinski definition) is 1. The molecule has 0 aromatic heterocycles. The lowest BCUT2D eigenvalue weighted by Crippen LogP contribution is -2.49. The summed E-state index contributed by atoms with van der Waals surface area (Å²) in [7, 11) is 0. The summed E-state index contributed by atoms with van der Waals surface area (Å²) in [5.41, 5.74) is -0.409. The van der Waals surface area contributed by atoms with E-state index < -0.39 is 11.4 Å². The van der Waals surface area contributed by atoms with Crippen LogP contribution in [-0.2, 0) is 9.53 Å². The van der Waals surface area contributed by atoms with E-state index in [1.807, 2.05) is 0 Å². The van der Waals surface area contributed by atoms with Crippen LogP contribution in [0.5, 0.6) is 0 Å². The van der Waals surface area contributed by atoms with Crippen molar-refractivity contribution in [1.29, 1.82) is 0 Å². The number of aliphatic carboxylic acids is 1. The first kappa shape index (κ1) is 14.4. The molecule has 0 aromatic rings. The number of carbonyl (C=O) groups is 1. The van der Waals surface area contributed by atoms with Crippen molar-refractivity contribution in [1.82, 2.24) is 0 Å². The van der Waals surface area contributed by atoms with Crippen LogP contribution in [0.3, 0.4) is 0 Å². The van der Waals surface area contributed by atoms with Gasteiger partial charge in [-0.3, -0.25) is 4.79 Å². The summed E-state index contributed by atoms with van der Waals surface area (Å²) in [6.07, 6.45) is 13.3. The summed E-state index contributed by atoms with van der Waals surface area (Å²) in [4.78, 5) is 12.0. The summed E-state index contributed by atoms with van der Waals surface area (Å²) in [6, 6.07) is 0. The molecule has 3 fully saturated rings. The molecular formula is C17H28O3. The monoisotopic (exact) mass is 280 g/mol. The zero-order valence-corrected chi connectivity index (χ0v) is 12.5. The standard InChI is InChI=1S/C17H28O3/c18-15(19)17(10-5-2-6-11-17)14-7-12-20-16(13-14)8-3-1-4-9-16/h14H,1-13H2,(H,18,19). The molecule has 2 aliphatic carbocycles. The highest BCUT2D eigenvalue weighted by Gasteiger charge is 2.51. The molecule has 1 aliphatic heterocycles. The Morgan fingerprint density at radius 3 is 2.15 bits per heavy atom. The Morgan fingerprint density at radius 1 is 0.950 bits per heavy atom. The zero-order valence-electron chi connectivity index (χ0n) is 12.5. The number of carboxylic acids is 1. The summed E-state index contributed by atoms with van der Waals surface area (Å²) >= 11 is 0. The van der Waals surface area contributed by atoms with E-state index in [9.17, 15) is 9.90 Å². The van der Waals surface area contributed by atoms with Crippen molar-refractivity contribution in [2.75, 3.05) is 6.61 Å². The van der Waals surface area contributed by atoms with Crippen LogP contribution in [0.15, 0.2) is 0 Å². The minimum Gasteiger partial charge on any atom is -0.481 e. The second-order valence-corrected chi connectivity index (χ2v) is 7.30. The molecule has 0 radical (unpaired) electrons. The third kappa shape index (κ3) is 2.49.